The van der Waals surface area contributed by atoms with Crippen LogP contribution in [0.1, 0.15) is 16.8 Å². The SMILES string of the molecule is Cc1ccc(-n2c(SCc3c(-c4ccccc4)nc4ccccn34)nnc2-c2ccccc2)cc1C. The van der Waals surface area contributed by atoms with Crippen LogP contribution in [0.25, 0.3) is 34.0 Å². The number of aromatic nitrogens is 5. The lowest BCUT2D eigenvalue weighted by molar-refractivity contribution is 0.883. The van der Waals surface area contributed by atoms with Gasteiger partial charge in [-0.3, -0.25) is 4.57 Å². The quantitative estimate of drug-likeness (QED) is 0.234. The van der Waals surface area contributed by atoms with Crippen LogP contribution >= 0.6 is 11.8 Å². The van der Waals surface area contributed by atoms with E-state index in [1.54, 1.807) is 11.8 Å². The number of imidazole rings is 1. The van der Waals surface area contributed by atoms with Crippen LogP contribution in [-0.2, 0) is 5.75 Å². The maximum Gasteiger partial charge on any atom is 0.196 e. The highest BCUT2D eigenvalue weighted by atomic mass is 32.2. The highest BCUT2D eigenvalue weighted by molar-refractivity contribution is 7.98. The topological polar surface area (TPSA) is 48.0 Å². The molecule has 0 aliphatic heterocycles. The lowest BCUT2D eigenvalue weighted by atomic mass is 10.1. The van der Waals surface area contributed by atoms with Crippen molar-refractivity contribution in [3.63, 3.8) is 0 Å². The number of benzene rings is 3. The third kappa shape index (κ3) is 4.10. The van der Waals surface area contributed by atoms with Gasteiger partial charge in [-0.25, -0.2) is 4.98 Å². The molecule has 5 nitrogen and oxygen atoms in total. The van der Waals surface area contributed by atoms with Gasteiger partial charge in [-0.05, 0) is 49.2 Å². The summed E-state index contributed by atoms with van der Waals surface area (Å²) in [5, 5.41) is 10.1. The largest absolute Gasteiger partial charge is 0.303 e. The third-order valence-corrected chi connectivity index (χ3v) is 7.37. The molecule has 0 aliphatic rings. The second kappa shape index (κ2) is 9.47. The minimum Gasteiger partial charge on any atom is -0.303 e. The summed E-state index contributed by atoms with van der Waals surface area (Å²) in [5.41, 5.74) is 8.78. The Kier molecular flexibility index (Phi) is 5.87. The van der Waals surface area contributed by atoms with Crippen LogP contribution in [0.2, 0.25) is 0 Å². The van der Waals surface area contributed by atoms with Crippen molar-refractivity contribution in [2.24, 2.45) is 0 Å². The van der Waals surface area contributed by atoms with Gasteiger partial charge < -0.3 is 4.40 Å². The molecule has 0 aliphatic carbocycles. The van der Waals surface area contributed by atoms with Crippen LogP contribution < -0.4 is 0 Å². The molecule has 0 saturated heterocycles. The zero-order valence-corrected chi connectivity index (χ0v) is 21.0. The van der Waals surface area contributed by atoms with Crippen LogP contribution in [0.4, 0.5) is 0 Å². The van der Waals surface area contributed by atoms with Crippen molar-refractivity contribution < 1.29 is 0 Å². The summed E-state index contributed by atoms with van der Waals surface area (Å²) < 4.78 is 4.34. The first-order valence-electron chi connectivity index (χ1n) is 11.9. The van der Waals surface area contributed by atoms with E-state index in [2.05, 4.69) is 93.8 Å². The first-order chi connectivity index (χ1) is 17.7. The van der Waals surface area contributed by atoms with E-state index in [1.165, 1.54) is 11.1 Å². The van der Waals surface area contributed by atoms with E-state index in [9.17, 15) is 0 Å². The summed E-state index contributed by atoms with van der Waals surface area (Å²) in [6.45, 7) is 4.28. The Bertz CT molecular complexity index is 1650. The van der Waals surface area contributed by atoms with E-state index in [0.29, 0.717) is 5.75 Å². The molecule has 6 heteroatoms. The molecule has 176 valence electrons. The molecule has 0 N–H and O–H groups in total. The monoisotopic (exact) mass is 487 g/mol. The Morgan fingerprint density at radius 3 is 2.19 bits per heavy atom. The average Bonchev–Trinajstić information content (AvgIpc) is 3.52. The first-order valence-corrected chi connectivity index (χ1v) is 12.9. The fraction of sp³-hybridized carbons (Fsp3) is 0.100. The maximum absolute atomic E-state index is 4.96. The van der Waals surface area contributed by atoms with Crippen molar-refractivity contribution in [2.45, 2.75) is 24.8 Å². The molecule has 0 fully saturated rings. The maximum atomic E-state index is 4.96. The number of nitrogens with zero attached hydrogens (tertiary/aromatic N) is 5. The van der Waals surface area contributed by atoms with E-state index in [0.717, 1.165) is 44.8 Å². The van der Waals surface area contributed by atoms with Gasteiger partial charge in [0.2, 0.25) is 0 Å². The predicted molar refractivity (Wildman–Crippen MR) is 146 cm³/mol. The Morgan fingerprint density at radius 2 is 1.44 bits per heavy atom. The molecule has 3 aromatic heterocycles. The highest BCUT2D eigenvalue weighted by Crippen LogP contribution is 2.33. The van der Waals surface area contributed by atoms with Crippen molar-refractivity contribution in [2.75, 3.05) is 0 Å². The molecule has 0 amide bonds. The normalized spacial score (nSPS) is 11.3. The zero-order valence-electron chi connectivity index (χ0n) is 20.2. The number of thioether (sulfide) groups is 1. The van der Waals surface area contributed by atoms with Gasteiger partial charge in [0.15, 0.2) is 11.0 Å². The molecule has 3 aromatic carbocycles. The van der Waals surface area contributed by atoms with Gasteiger partial charge in [-0.2, -0.15) is 0 Å². The number of fused-ring (bicyclic) bond motifs is 1. The second-order valence-corrected chi connectivity index (χ2v) is 9.71. The fourth-order valence-electron chi connectivity index (χ4n) is 4.38. The number of hydrogen-bond donors (Lipinski definition) is 0. The summed E-state index contributed by atoms with van der Waals surface area (Å²) in [6.07, 6.45) is 2.08. The molecule has 0 bridgehead atoms. The van der Waals surface area contributed by atoms with Crippen LogP contribution in [0.15, 0.2) is 108 Å². The van der Waals surface area contributed by atoms with Gasteiger partial charge >= 0.3 is 0 Å². The first kappa shape index (κ1) is 22.3. The number of pyridine rings is 1. The molecular formula is C30H25N5S. The zero-order chi connectivity index (χ0) is 24.5. The van der Waals surface area contributed by atoms with Crippen LogP contribution in [-0.4, -0.2) is 24.1 Å². The van der Waals surface area contributed by atoms with Crippen molar-refractivity contribution in [3.8, 4) is 28.3 Å². The Morgan fingerprint density at radius 1 is 0.722 bits per heavy atom. The predicted octanol–water partition coefficient (Wildman–Crippen LogP) is 7.16. The highest BCUT2D eigenvalue weighted by Gasteiger charge is 2.19. The summed E-state index contributed by atoms with van der Waals surface area (Å²) in [7, 11) is 0. The minimum atomic E-state index is 0.702. The summed E-state index contributed by atoms with van der Waals surface area (Å²) in [6, 6.07) is 33.2. The van der Waals surface area contributed by atoms with E-state index in [4.69, 9.17) is 4.98 Å². The van der Waals surface area contributed by atoms with E-state index < -0.39 is 0 Å². The minimum absolute atomic E-state index is 0.702. The second-order valence-electron chi connectivity index (χ2n) is 8.77. The molecule has 0 radical (unpaired) electrons. The molecule has 0 spiro atoms. The van der Waals surface area contributed by atoms with Crippen molar-refractivity contribution in [3.05, 3.63) is 120 Å². The molecule has 0 unspecified atom stereocenters. The third-order valence-electron chi connectivity index (χ3n) is 6.43. The summed E-state index contributed by atoms with van der Waals surface area (Å²) >= 11 is 1.68. The van der Waals surface area contributed by atoms with Gasteiger partial charge in [0, 0.05) is 23.1 Å². The van der Waals surface area contributed by atoms with Gasteiger partial charge in [0.1, 0.15) is 5.65 Å². The van der Waals surface area contributed by atoms with Crippen LogP contribution in [0.3, 0.4) is 0 Å². The Labute approximate surface area is 214 Å². The molecule has 6 aromatic rings. The molecule has 3 heterocycles. The molecule has 6 rings (SSSR count). The van der Waals surface area contributed by atoms with Crippen molar-refractivity contribution >= 4 is 17.4 Å². The molecule has 0 atom stereocenters. The van der Waals surface area contributed by atoms with Crippen LogP contribution in [0.5, 0.6) is 0 Å². The van der Waals surface area contributed by atoms with E-state index in [-0.39, 0.29) is 0 Å². The van der Waals surface area contributed by atoms with Gasteiger partial charge in [0.25, 0.3) is 0 Å². The smallest absolute Gasteiger partial charge is 0.196 e. The molecular weight excluding hydrogens is 462 g/mol. The number of aryl methyl sites for hydroxylation is 2. The summed E-state index contributed by atoms with van der Waals surface area (Å²) in [5.74, 6) is 1.54. The van der Waals surface area contributed by atoms with E-state index in [1.807, 2.05) is 42.5 Å². The lowest BCUT2D eigenvalue weighted by Gasteiger charge is -2.12. The summed E-state index contributed by atoms with van der Waals surface area (Å²) in [4.78, 5) is 4.96. The Balaban J connectivity index is 1.44. The lowest BCUT2D eigenvalue weighted by Crippen LogP contribution is -2.01. The molecule has 36 heavy (non-hydrogen) atoms. The Hall–Kier alpha value is -4.16. The van der Waals surface area contributed by atoms with E-state index >= 15 is 0 Å². The number of hydrogen-bond acceptors (Lipinski definition) is 4. The molecule has 0 saturated carbocycles. The van der Waals surface area contributed by atoms with Crippen molar-refractivity contribution in [1.82, 2.24) is 24.1 Å². The van der Waals surface area contributed by atoms with Gasteiger partial charge in [0.05, 0.1) is 17.1 Å². The number of rotatable bonds is 6. The van der Waals surface area contributed by atoms with Crippen molar-refractivity contribution in [1.29, 1.82) is 0 Å². The van der Waals surface area contributed by atoms with Crippen LogP contribution in [0, 0.1) is 13.8 Å². The van der Waals surface area contributed by atoms with Gasteiger partial charge in [-0.15, -0.1) is 10.2 Å². The average molecular weight is 488 g/mol. The fourth-order valence-corrected chi connectivity index (χ4v) is 5.34. The standard InChI is InChI=1S/C30H25N5S/c1-21-16-17-25(19-22(21)2)35-29(24-13-7-4-8-14-24)32-33-30(35)36-20-26-28(23-11-5-3-6-12-23)31-27-15-9-10-18-34(26)27/h3-19H,20H2,1-2H3. The van der Waals surface area contributed by atoms with Gasteiger partial charge in [-0.1, -0.05) is 84.6 Å².